The molecule has 1 aliphatic heterocycles. The molecule has 1 atom stereocenters. The summed E-state index contributed by atoms with van der Waals surface area (Å²) in [6.07, 6.45) is 10.5. The first-order valence-electron chi connectivity index (χ1n) is 18.5. The van der Waals surface area contributed by atoms with E-state index in [9.17, 15) is 19.8 Å². The summed E-state index contributed by atoms with van der Waals surface area (Å²) < 4.78 is 7.51. The van der Waals surface area contributed by atoms with E-state index in [0.29, 0.717) is 41.0 Å². The second-order valence-corrected chi connectivity index (χ2v) is 13.5. The van der Waals surface area contributed by atoms with Crippen LogP contribution >= 0.6 is 0 Å². The number of ether oxygens (including phenoxy) is 1. The van der Waals surface area contributed by atoms with Crippen molar-refractivity contribution in [1.82, 2.24) is 25.1 Å². The predicted molar refractivity (Wildman–Crippen MR) is 200 cm³/mol. The Morgan fingerprint density at radius 1 is 1.00 bits per heavy atom. The summed E-state index contributed by atoms with van der Waals surface area (Å²) >= 11 is 0. The van der Waals surface area contributed by atoms with Crippen LogP contribution in [-0.4, -0.2) is 55.1 Å². The van der Waals surface area contributed by atoms with Crippen molar-refractivity contribution in [3.63, 3.8) is 0 Å². The highest BCUT2D eigenvalue weighted by Gasteiger charge is 2.22. The molecule has 1 fully saturated rings. The van der Waals surface area contributed by atoms with Gasteiger partial charge in [0.2, 0.25) is 5.56 Å². The first kappa shape index (κ1) is 36.1. The SMILES string of the molecule is CCc1nc2c(cnn2CC)c(NC2CCOCC2)c1CNC(=O)c1ccc(CCCCCCC[C@H](O)c2ccc(O)c3[nH]c(=O)ccc23)cc1. The number of fused-ring (bicyclic) bond motifs is 2. The van der Waals surface area contributed by atoms with E-state index in [4.69, 9.17) is 9.72 Å². The third-order valence-corrected chi connectivity index (χ3v) is 10.0. The molecule has 1 aliphatic rings. The molecule has 6 rings (SSSR count). The fourth-order valence-corrected chi connectivity index (χ4v) is 7.10. The standard InChI is InChI=1S/C40H50N6O5/c1-3-33-31(37(43-28-20-22-51-23-21-28)32-25-42-46(4-2)39(32)44-33)24-41-40(50)27-14-12-26(13-15-27)10-8-6-5-7-9-11-34(47)29-16-18-35(48)38-30(29)17-19-36(49)45-38/h12-19,25,28,34,47-48H,3-11,20-24H2,1-2H3,(H,41,50)(H,43,44)(H,45,49)/t34-/m0/s1. The van der Waals surface area contributed by atoms with Crippen molar-refractivity contribution in [1.29, 1.82) is 0 Å². The maximum absolute atomic E-state index is 13.3. The van der Waals surface area contributed by atoms with Gasteiger partial charge in [0.1, 0.15) is 5.75 Å². The van der Waals surface area contributed by atoms with E-state index >= 15 is 0 Å². The van der Waals surface area contributed by atoms with Crippen LogP contribution in [0.15, 0.2) is 59.5 Å². The van der Waals surface area contributed by atoms with E-state index in [-0.39, 0.29) is 17.2 Å². The zero-order valence-corrected chi connectivity index (χ0v) is 29.7. The zero-order valence-electron chi connectivity index (χ0n) is 29.7. The molecule has 270 valence electrons. The first-order valence-corrected chi connectivity index (χ1v) is 18.5. The lowest BCUT2D eigenvalue weighted by Crippen LogP contribution is -2.30. The molecule has 0 spiro atoms. The van der Waals surface area contributed by atoms with Crippen molar-refractivity contribution in [2.24, 2.45) is 0 Å². The second-order valence-electron chi connectivity index (χ2n) is 13.5. The van der Waals surface area contributed by atoms with Crippen LogP contribution in [0.4, 0.5) is 5.69 Å². The Morgan fingerprint density at radius 2 is 1.76 bits per heavy atom. The minimum absolute atomic E-state index is 0.00169. The Hall–Kier alpha value is -4.74. The fourth-order valence-electron chi connectivity index (χ4n) is 7.10. The van der Waals surface area contributed by atoms with Gasteiger partial charge in [0.05, 0.1) is 28.9 Å². The molecular weight excluding hydrogens is 644 g/mol. The number of phenolic OH excluding ortho intramolecular Hbond substituents is 1. The summed E-state index contributed by atoms with van der Waals surface area (Å²) in [7, 11) is 0. The molecule has 5 aromatic rings. The van der Waals surface area contributed by atoms with Crippen LogP contribution in [-0.2, 0) is 30.7 Å². The lowest BCUT2D eigenvalue weighted by Gasteiger charge is -2.26. The molecule has 0 radical (unpaired) electrons. The monoisotopic (exact) mass is 694 g/mol. The summed E-state index contributed by atoms with van der Waals surface area (Å²) in [5.41, 5.74) is 6.48. The van der Waals surface area contributed by atoms with Gasteiger partial charge in [-0.25, -0.2) is 9.67 Å². The Kier molecular flexibility index (Phi) is 12.0. The van der Waals surface area contributed by atoms with Gasteiger partial charge in [-0.2, -0.15) is 5.10 Å². The van der Waals surface area contributed by atoms with Crippen molar-refractivity contribution >= 4 is 33.5 Å². The molecule has 1 saturated heterocycles. The van der Waals surface area contributed by atoms with Crippen molar-refractivity contribution < 1.29 is 19.7 Å². The number of carbonyl (C=O) groups excluding carboxylic acids is 1. The average molecular weight is 695 g/mol. The van der Waals surface area contributed by atoms with Gasteiger partial charge >= 0.3 is 0 Å². The van der Waals surface area contributed by atoms with E-state index < -0.39 is 6.10 Å². The fraction of sp³-hybridized carbons (Fsp3) is 0.450. The molecule has 11 heteroatoms. The third kappa shape index (κ3) is 8.60. The molecule has 4 heterocycles. The number of pyridine rings is 2. The molecule has 0 unspecified atom stereocenters. The number of rotatable bonds is 16. The Labute approximate surface area is 298 Å². The number of aromatic hydroxyl groups is 1. The minimum Gasteiger partial charge on any atom is -0.506 e. The number of carbonyl (C=O) groups is 1. The highest BCUT2D eigenvalue weighted by molar-refractivity contribution is 5.95. The summed E-state index contributed by atoms with van der Waals surface area (Å²) in [6, 6.07) is 14.5. The summed E-state index contributed by atoms with van der Waals surface area (Å²) in [5.74, 6) is -0.112. The number of aryl methyl sites for hydroxylation is 3. The summed E-state index contributed by atoms with van der Waals surface area (Å²) in [6.45, 7) is 6.75. The molecule has 0 aliphatic carbocycles. The van der Waals surface area contributed by atoms with Gasteiger partial charge in [0, 0.05) is 60.6 Å². The lowest BCUT2D eigenvalue weighted by atomic mass is 9.97. The minimum atomic E-state index is -0.662. The van der Waals surface area contributed by atoms with Gasteiger partial charge in [-0.05, 0) is 80.8 Å². The average Bonchev–Trinajstić information content (AvgIpc) is 3.57. The number of benzene rings is 2. The number of aliphatic hydroxyl groups is 1. The molecule has 5 N–H and O–H groups in total. The Bertz CT molecular complexity index is 2000. The van der Waals surface area contributed by atoms with Gasteiger partial charge in [-0.3, -0.25) is 9.59 Å². The number of anilines is 1. The summed E-state index contributed by atoms with van der Waals surface area (Å²) in [4.78, 5) is 32.6. The van der Waals surface area contributed by atoms with Crippen LogP contribution in [0.2, 0.25) is 0 Å². The molecule has 0 bridgehead atoms. The number of amides is 1. The van der Waals surface area contributed by atoms with Crippen LogP contribution in [0, 0.1) is 0 Å². The normalized spacial score (nSPS) is 14.3. The van der Waals surface area contributed by atoms with Crippen molar-refractivity contribution in [2.75, 3.05) is 18.5 Å². The van der Waals surface area contributed by atoms with E-state index in [1.165, 1.54) is 17.7 Å². The smallest absolute Gasteiger partial charge is 0.251 e. The summed E-state index contributed by atoms with van der Waals surface area (Å²) in [5, 5.41) is 34.1. The molecule has 2 aromatic carbocycles. The number of aliphatic hydroxyl groups excluding tert-OH is 1. The maximum atomic E-state index is 13.3. The van der Waals surface area contributed by atoms with Crippen molar-refractivity contribution in [2.45, 2.75) is 103 Å². The largest absolute Gasteiger partial charge is 0.506 e. The predicted octanol–water partition coefficient (Wildman–Crippen LogP) is 6.70. The number of aromatic nitrogens is 4. The molecular formula is C40H50N6O5. The van der Waals surface area contributed by atoms with Gasteiger partial charge in [-0.1, -0.05) is 50.8 Å². The number of aromatic amines is 1. The number of H-pyrrole nitrogens is 1. The van der Waals surface area contributed by atoms with E-state index in [1.54, 1.807) is 12.1 Å². The highest BCUT2D eigenvalue weighted by atomic mass is 16.5. The van der Waals surface area contributed by atoms with Gasteiger partial charge in [-0.15, -0.1) is 0 Å². The van der Waals surface area contributed by atoms with Gasteiger partial charge in [0.25, 0.3) is 5.91 Å². The van der Waals surface area contributed by atoms with E-state index in [2.05, 4.69) is 34.6 Å². The number of hydrogen-bond donors (Lipinski definition) is 5. The first-order chi connectivity index (χ1) is 24.9. The number of nitrogens with one attached hydrogen (secondary N) is 3. The molecule has 3 aromatic heterocycles. The van der Waals surface area contributed by atoms with Crippen LogP contribution in [0.5, 0.6) is 5.75 Å². The van der Waals surface area contributed by atoms with Crippen LogP contribution in [0.25, 0.3) is 21.9 Å². The molecule has 1 amide bonds. The maximum Gasteiger partial charge on any atom is 0.251 e. The van der Waals surface area contributed by atoms with Crippen molar-refractivity contribution in [3.05, 3.63) is 93.0 Å². The van der Waals surface area contributed by atoms with Crippen LogP contribution < -0.4 is 16.2 Å². The molecule has 0 saturated carbocycles. The number of phenols is 1. The zero-order chi connectivity index (χ0) is 35.7. The topological polar surface area (TPSA) is 154 Å². The highest BCUT2D eigenvalue weighted by Crippen LogP contribution is 2.32. The molecule has 11 nitrogen and oxygen atoms in total. The van der Waals surface area contributed by atoms with Crippen LogP contribution in [0.3, 0.4) is 0 Å². The van der Waals surface area contributed by atoms with Gasteiger partial charge in [0.15, 0.2) is 5.65 Å². The number of nitrogens with zero attached hydrogens (tertiary/aromatic N) is 3. The Morgan fingerprint density at radius 3 is 2.53 bits per heavy atom. The molecule has 51 heavy (non-hydrogen) atoms. The quantitative estimate of drug-likeness (QED) is 0.0716. The van der Waals surface area contributed by atoms with E-state index in [1.807, 2.05) is 35.1 Å². The lowest BCUT2D eigenvalue weighted by molar-refractivity contribution is 0.0904. The van der Waals surface area contributed by atoms with Gasteiger partial charge < -0.3 is 30.6 Å². The Balaban J connectivity index is 0.975. The second kappa shape index (κ2) is 17.0. The van der Waals surface area contributed by atoms with Crippen LogP contribution in [0.1, 0.15) is 104 Å². The number of unbranched alkanes of at least 4 members (excludes halogenated alkanes) is 4. The van der Waals surface area contributed by atoms with E-state index in [0.717, 1.165) is 106 Å². The van der Waals surface area contributed by atoms with Crippen molar-refractivity contribution in [3.8, 4) is 5.75 Å². The third-order valence-electron chi connectivity index (χ3n) is 10.0. The number of hydrogen-bond acceptors (Lipinski definition) is 8.